The molecule has 0 aliphatic carbocycles. The molecule has 9 heteroatoms. The van der Waals surface area contributed by atoms with E-state index in [4.69, 9.17) is 9.47 Å². The van der Waals surface area contributed by atoms with E-state index in [9.17, 15) is 27.2 Å². The molecule has 0 radical (unpaired) electrons. The van der Waals surface area contributed by atoms with Gasteiger partial charge in [0.2, 0.25) is 0 Å². The number of nitrogens with one attached hydrogen (secondary N) is 1. The van der Waals surface area contributed by atoms with Crippen molar-refractivity contribution in [1.82, 2.24) is 0 Å². The zero-order chi connectivity index (χ0) is 17.4. The van der Waals surface area contributed by atoms with Gasteiger partial charge in [-0.25, -0.2) is 14.0 Å². The summed E-state index contributed by atoms with van der Waals surface area (Å²) in [6.07, 6.45) is -3.87. The zero-order valence-electron chi connectivity index (χ0n) is 12.0. The predicted octanol–water partition coefficient (Wildman–Crippen LogP) is 2.98. The number of ether oxygens (including phenoxy) is 2. The van der Waals surface area contributed by atoms with Gasteiger partial charge in [0.25, 0.3) is 5.79 Å². The van der Waals surface area contributed by atoms with E-state index in [2.05, 4.69) is 5.32 Å². The minimum atomic E-state index is -4.68. The predicted molar refractivity (Wildman–Crippen MR) is 69.4 cm³/mol. The Balaban J connectivity index is 2.20. The average molecular weight is 333 g/mol. The number of hydrogen-bond acceptors (Lipinski definition) is 5. The lowest BCUT2D eigenvalue weighted by Crippen LogP contribution is -2.42. The van der Waals surface area contributed by atoms with Crippen LogP contribution in [0.5, 0.6) is 0 Å². The molecule has 1 N–H and O–H groups in total. The smallest absolute Gasteiger partial charge is 0.416 e. The molecule has 2 rings (SSSR count). The lowest BCUT2D eigenvalue weighted by Gasteiger charge is -2.29. The van der Waals surface area contributed by atoms with Gasteiger partial charge in [0, 0.05) is 20.0 Å². The number of rotatable bonds is 2. The van der Waals surface area contributed by atoms with Gasteiger partial charge in [-0.2, -0.15) is 13.2 Å². The molecule has 1 saturated heterocycles. The Hall–Kier alpha value is -2.58. The molecule has 0 saturated carbocycles. The van der Waals surface area contributed by atoms with Crippen LogP contribution in [0, 0.1) is 5.82 Å². The molecule has 23 heavy (non-hydrogen) atoms. The van der Waals surface area contributed by atoms with Crippen molar-refractivity contribution < 1.29 is 36.6 Å². The van der Waals surface area contributed by atoms with E-state index in [1.54, 1.807) is 0 Å². The van der Waals surface area contributed by atoms with Crippen molar-refractivity contribution >= 4 is 17.6 Å². The number of esters is 2. The van der Waals surface area contributed by atoms with E-state index in [-0.39, 0.29) is 5.69 Å². The van der Waals surface area contributed by atoms with Crippen LogP contribution in [0.1, 0.15) is 19.4 Å². The first kappa shape index (κ1) is 16.8. The molecule has 124 valence electrons. The van der Waals surface area contributed by atoms with Crippen molar-refractivity contribution in [3.05, 3.63) is 41.4 Å². The van der Waals surface area contributed by atoms with Crippen molar-refractivity contribution in [2.24, 2.45) is 0 Å². The Kier molecular flexibility index (Phi) is 4.06. The minimum absolute atomic E-state index is 0.293. The Morgan fingerprint density at radius 2 is 1.70 bits per heavy atom. The summed E-state index contributed by atoms with van der Waals surface area (Å²) in [5.41, 5.74) is -2.05. The molecule has 1 heterocycles. The first-order chi connectivity index (χ1) is 10.5. The second-order valence-corrected chi connectivity index (χ2v) is 5.07. The van der Waals surface area contributed by atoms with Gasteiger partial charge in [-0.3, -0.25) is 0 Å². The highest BCUT2D eigenvalue weighted by atomic mass is 19.4. The Morgan fingerprint density at radius 3 is 2.17 bits per heavy atom. The monoisotopic (exact) mass is 333 g/mol. The lowest BCUT2D eigenvalue weighted by atomic mass is 10.2. The maximum Gasteiger partial charge on any atom is 0.416 e. The van der Waals surface area contributed by atoms with Crippen molar-refractivity contribution in [3.63, 3.8) is 0 Å². The number of benzene rings is 1. The number of cyclic esters (lactones) is 2. The van der Waals surface area contributed by atoms with E-state index < -0.39 is 40.9 Å². The highest BCUT2D eigenvalue weighted by Gasteiger charge is 2.39. The molecule has 0 atom stereocenters. The number of carbonyl (C=O) groups excluding carboxylic acids is 2. The summed E-state index contributed by atoms with van der Waals surface area (Å²) in [5.74, 6) is -4.61. The summed E-state index contributed by atoms with van der Waals surface area (Å²) in [6, 6.07) is 1.78. The molecule has 5 nitrogen and oxygen atoms in total. The topological polar surface area (TPSA) is 64.6 Å². The normalized spacial score (nSPS) is 17.4. The molecule has 1 aromatic rings. The maximum atomic E-state index is 13.6. The van der Waals surface area contributed by atoms with E-state index in [1.807, 2.05) is 0 Å². The molecule has 1 fully saturated rings. The van der Waals surface area contributed by atoms with Crippen LogP contribution in [0.4, 0.5) is 23.2 Å². The molecule has 0 aromatic heterocycles. The van der Waals surface area contributed by atoms with Crippen LogP contribution < -0.4 is 5.32 Å². The fourth-order valence-electron chi connectivity index (χ4n) is 1.74. The van der Waals surface area contributed by atoms with Crippen LogP contribution in [0.3, 0.4) is 0 Å². The molecular formula is C14H11F4NO4. The van der Waals surface area contributed by atoms with E-state index in [1.165, 1.54) is 13.8 Å². The SMILES string of the molecule is CC1(C)OC(=O)C(=CNc2ccc(C(F)(F)F)cc2F)C(=O)O1. The lowest BCUT2D eigenvalue weighted by molar-refractivity contribution is -0.222. The second kappa shape index (κ2) is 5.56. The first-order valence-corrected chi connectivity index (χ1v) is 6.30. The molecule has 0 unspecified atom stereocenters. The molecular weight excluding hydrogens is 322 g/mol. The van der Waals surface area contributed by atoms with Gasteiger partial charge in [0.1, 0.15) is 5.82 Å². The second-order valence-electron chi connectivity index (χ2n) is 5.07. The van der Waals surface area contributed by atoms with Crippen LogP contribution in [-0.2, 0) is 25.2 Å². The van der Waals surface area contributed by atoms with Crippen LogP contribution in [-0.4, -0.2) is 17.7 Å². The molecule has 0 amide bonds. The first-order valence-electron chi connectivity index (χ1n) is 6.30. The van der Waals surface area contributed by atoms with Gasteiger partial charge in [0.15, 0.2) is 5.57 Å². The number of anilines is 1. The van der Waals surface area contributed by atoms with Crippen LogP contribution in [0.2, 0.25) is 0 Å². The summed E-state index contributed by atoms with van der Waals surface area (Å²) in [6.45, 7) is 2.70. The van der Waals surface area contributed by atoms with Gasteiger partial charge in [-0.05, 0) is 18.2 Å². The third-order valence-corrected chi connectivity index (χ3v) is 2.79. The number of carbonyl (C=O) groups is 2. The molecule has 0 bridgehead atoms. The van der Waals surface area contributed by atoms with Gasteiger partial charge in [-0.1, -0.05) is 0 Å². The average Bonchev–Trinajstić information content (AvgIpc) is 2.36. The summed E-state index contributed by atoms with van der Waals surface area (Å²) in [4.78, 5) is 23.3. The number of alkyl halides is 3. The minimum Gasteiger partial charge on any atom is -0.419 e. The van der Waals surface area contributed by atoms with Crippen molar-refractivity contribution in [1.29, 1.82) is 0 Å². The van der Waals surface area contributed by atoms with Crippen LogP contribution in [0.15, 0.2) is 30.0 Å². The molecule has 1 aliphatic rings. The zero-order valence-corrected chi connectivity index (χ0v) is 12.0. The standard InChI is InChI=1S/C14H11F4NO4/c1-13(2)22-11(20)8(12(21)23-13)6-19-10-4-3-7(5-9(10)15)14(16,17)18/h3-6,19H,1-2H3. The largest absolute Gasteiger partial charge is 0.419 e. The Morgan fingerprint density at radius 1 is 1.13 bits per heavy atom. The third-order valence-electron chi connectivity index (χ3n) is 2.79. The van der Waals surface area contributed by atoms with Gasteiger partial charge >= 0.3 is 18.1 Å². The molecule has 1 aliphatic heterocycles. The van der Waals surface area contributed by atoms with Crippen molar-refractivity contribution in [2.75, 3.05) is 5.32 Å². The van der Waals surface area contributed by atoms with Crippen LogP contribution in [0.25, 0.3) is 0 Å². The summed E-state index contributed by atoms with van der Waals surface area (Å²) in [7, 11) is 0. The molecule has 0 spiro atoms. The van der Waals surface area contributed by atoms with Crippen LogP contribution >= 0.6 is 0 Å². The highest BCUT2D eigenvalue weighted by Crippen LogP contribution is 2.31. The fourth-order valence-corrected chi connectivity index (χ4v) is 1.74. The van der Waals surface area contributed by atoms with Gasteiger partial charge in [-0.15, -0.1) is 0 Å². The van der Waals surface area contributed by atoms with Crippen molar-refractivity contribution in [2.45, 2.75) is 25.8 Å². The quantitative estimate of drug-likeness (QED) is 0.390. The Bertz CT molecular complexity index is 673. The molecule has 1 aromatic carbocycles. The van der Waals surface area contributed by atoms with E-state index in [0.29, 0.717) is 12.1 Å². The summed E-state index contributed by atoms with van der Waals surface area (Å²) >= 11 is 0. The Labute approximate surface area is 127 Å². The third kappa shape index (κ3) is 3.79. The summed E-state index contributed by atoms with van der Waals surface area (Å²) in [5, 5.41) is 2.24. The van der Waals surface area contributed by atoms with Gasteiger partial charge < -0.3 is 14.8 Å². The summed E-state index contributed by atoms with van der Waals surface area (Å²) < 4.78 is 60.5. The van der Waals surface area contributed by atoms with Gasteiger partial charge in [0.05, 0.1) is 11.3 Å². The van der Waals surface area contributed by atoms with Crippen molar-refractivity contribution in [3.8, 4) is 0 Å². The fraction of sp³-hybridized carbons (Fsp3) is 0.286. The van der Waals surface area contributed by atoms with E-state index >= 15 is 0 Å². The van der Waals surface area contributed by atoms with E-state index in [0.717, 1.165) is 12.3 Å². The number of hydrogen-bond donors (Lipinski definition) is 1. The highest BCUT2D eigenvalue weighted by molar-refractivity contribution is 6.15. The maximum absolute atomic E-state index is 13.6. The number of halogens is 4.